The average Bonchev–Trinajstić information content (AvgIpc) is 3.40. The van der Waals surface area contributed by atoms with Gasteiger partial charge in [0.2, 0.25) is 12.7 Å². The van der Waals surface area contributed by atoms with Crippen LogP contribution in [0.1, 0.15) is 41.3 Å². The minimum Gasteiger partial charge on any atom is -0.484 e. The van der Waals surface area contributed by atoms with Crippen LogP contribution in [0.3, 0.4) is 0 Å². The van der Waals surface area contributed by atoms with Gasteiger partial charge in [-0.2, -0.15) is 0 Å². The first kappa shape index (κ1) is 18.8. The zero-order chi connectivity index (χ0) is 20.2. The molecule has 1 unspecified atom stereocenters. The molecule has 0 saturated heterocycles. The Balaban J connectivity index is 1.36. The van der Waals surface area contributed by atoms with E-state index in [1.807, 2.05) is 6.92 Å². The fourth-order valence-electron chi connectivity index (χ4n) is 2.94. The molecule has 1 N–H and O–H groups in total. The van der Waals surface area contributed by atoms with Gasteiger partial charge in [-0.1, -0.05) is 19.1 Å². The summed E-state index contributed by atoms with van der Waals surface area (Å²) < 4.78 is 34.6. The third-order valence-corrected chi connectivity index (χ3v) is 4.48. The Morgan fingerprint density at radius 1 is 1.21 bits per heavy atom. The van der Waals surface area contributed by atoms with Gasteiger partial charge in [0, 0.05) is 6.07 Å². The summed E-state index contributed by atoms with van der Waals surface area (Å²) >= 11 is 0. The van der Waals surface area contributed by atoms with Gasteiger partial charge in [0.1, 0.15) is 17.8 Å². The molecular formula is C21H19FN2O5. The highest BCUT2D eigenvalue weighted by Gasteiger charge is 2.18. The number of rotatable bonds is 7. The monoisotopic (exact) mass is 398 g/mol. The van der Waals surface area contributed by atoms with E-state index in [9.17, 15) is 9.18 Å². The van der Waals surface area contributed by atoms with Crippen LogP contribution in [0.5, 0.6) is 17.2 Å². The van der Waals surface area contributed by atoms with Crippen molar-refractivity contribution in [1.82, 2.24) is 10.3 Å². The van der Waals surface area contributed by atoms with Crippen molar-refractivity contribution in [3.8, 4) is 17.2 Å². The number of aromatic nitrogens is 1. The number of benzene rings is 2. The van der Waals surface area contributed by atoms with Crippen molar-refractivity contribution in [2.75, 3.05) is 6.79 Å². The third kappa shape index (κ3) is 4.31. The molecule has 2 aromatic carbocycles. The van der Waals surface area contributed by atoms with Crippen molar-refractivity contribution >= 4 is 5.91 Å². The van der Waals surface area contributed by atoms with E-state index in [0.717, 1.165) is 5.56 Å². The Morgan fingerprint density at radius 3 is 2.79 bits per heavy atom. The molecule has 29 heavy (non-hydrogen) atoms. The first-order chi connectivity index (χ1) is 14.1. The smallest absolute Gasteiger partial charge is 0.273 e. The van der Waals surface area contributed by atoms with E-state index in [0.29, 0.717) is 23.7 Å². The highest BCUT2D eigenvalue weighted by atomic mass is 19.1. The number of hydrogen-bond donors (Lipinski definition) is 1. The summed E-state index contributed by atoms with van der Waals surface area (Å²) in [6, 6.07) is 11.0. The molecule has 1 atom stereocenters. The van der Waals surface area contributed by atoms with Crippen LogP contribution in [0, 0.1) is 5.82 Å². The Bertz CT molecular complexity index is 1000. The minimum atomic E-state index is -0.376. The van der Waals surface area contributed by atoms with Crippen LogP contribution in [0.25, 0.3) is 0 Å². The maximum Gasteiger partial charge on any atom is 0.273 e. The first-order valence-corrected chi connectivity index (χ1v) is 9.15. The number of oxazole rings is 1. The number of carbonyl (C=O) groups excluding carboxylic acids is 1. The van der Waals surface area contributed by atoms with Crippen LogP contribution < -0.4 is 19.5 Å². The predicted octanol–water partition coefficient (Wildman–Crippen LogP) is 4.00. The topological polar surface area (TPSA) is 82.8 Å². The minimum absolute atomic E-state index is 0.0576. The van der Waals surface area contributed by atoms with Gasteiger partial charge in [0.25, 0.3) is 5.91 Å². The molecule has 0 radical (unpaired) electrons. The van der Waals surface area contributed by atoms with Gasteiger partial charge in [-0.25, -0.2) is 9.37 Å². The van der Waals surface area contributed by atoms with E-state index in [4.69, 9.17) is 18.6 Å². The Kier molecular flexibility index (Phi) is 5.33. The molecule has 0 bridgehead atoms. The van der Waals surface area contributed by atoms with E-state index in [2.05, 4.69) is 10.3 Å². The number of halogens is 1. The summed E-state index contributed by atoms with van der Waals surface area (Å²) in [4.78, 5) is 16.7. The van der Waals surface area contributed by atoms with E-state index in [1.54, 1.807) is 30.3 Å². The molecule has 7 nitrogen and oxygen atoms in total. The molecule has 8 heteroatoms. The van der Waals surface area contributed by atoms with Gasteiger partial charge in [-0.05, 0) is 36.2 Å². The molecule has 2 heterocycles. The normalized spacial score (nSPS) is 13.2. The lowest BCUT2D eigenvalue weighted by Crippen LogP contribution is -2.28. The van der Waals surface area contributed by atoms with Crippen molar-refractivity contribution in [3.63, 3.8) is 0 Å². The summed E-state index contributed by atoms with van der Waals surface area (Å²) in [5.74, 6) is 1.42. The van der Waals surface area contributed by atoms with Crippen LogP contribution in [-0.2, 0) is 6.61 Å². The number of amides is 1. The van der Waals surface area contributed by atoms with E-state index in [1.165, 1.54) is 18.4 Å². The van der Waals surface area contributed by atoms with Crippen LogP contribution in [0.15, 0.2) is 53.1 Å². The van der Waals surface area contributed by atoms with Gasteiger partial charge >= 0.3 is 0 Å². The van der Waals surface area contributed by atoms with Crippen molar-refractivity contribution in [2.24, 2.45) is 0 Å². The molecular weight excluding hydrogens is 379 g/mol. The van der Waals surface area contributed by atoms with Crippen LogP contribution >= 0.6 is 0 Å². The average molecular weight is 398 g/mol. The largest absolute Gasteiger partial charge is 0.484 e. The third-order valence-electron chi connectivity index (χ3n) is 4.48. The second-order valence-electron chi connectivity index (χ2n) is 6.42. The first-order valence-electron chi connectivity index (χ1n) is 9.15. The molecule has 0 spiro atoms. The molecule has 4 rings (SSSR count). The molecule has 1 amide bonds. The summed E-state index contributed by atoms with van der Waals surface area (Å²) in [7, 11) is 0. The molecule has 3 aromatic rings. The van der Waals surface area contributed by atoms with Gasteiger partial charge < -0.3 is 23.9 Å². The molecule has 0 fully saturated rings. The summed E-state index contributed by atoms with van der Waals surface area (Å²) in [5, 5.41) is 2.88. The highest BCUT2D eigenvalue weighted by Crippen LogP contribution is 2.35. The van der Waals surface area contributed by atoms with Gasteiger partial charge in [-0.15, -0.1) is 0 Å². The second-order valence-corrected chi connectivity index (χ2v) is 6.42. The Hall–Kier alpha value is -3.55. The number of nitrogens with one attached hydrogen (secondary N) is 1. The van der Waals surface area contributed by atoms with Crippen molar-refractivity contribution in [2.45, 2.75) is 26.0 Å². The summed E-state index contributed by atoms with van der Waals surface area (Å²) in [5.41, 5.74) is 0.965. The molecule has 1 aliphatic heterocycles. The van der Waals surface area contributed by atoms with Crippen molar-refractivity contribution < 1.29 is 27.8 Å². The van der Waals surface area contributed by atoms with Crippen LogP contribution in [-0.4, -0.2) is 17.7 Å². The number of fused-ring (bicyclic) bond motifs is 1. The number of carbonyl (C=O) groups is 1. The predicted molar refractivity (Wildman–Crippen MR) is 100 cm³/mol. The summed E-state index contributed by atoms with van der Waals surface area (Å²) in [6.07, 6.45) is 1.93. The van der Waals surface area contributed by atoms with E-state index in [-0.39, 0.29) is 42.8 Å². The summed E-state index contributed by atoms with van der Waals surface area (Å²) in [6.45, 7) is 2.18. The molecule has 150 valence electrons. The maximum absolute atomic E-state index is 13.1. The number of hydrogen-bond acceptors (Lipinski definition) is 6. The van der Waals surface area contributed by atoms with Crippen molar-refractivity contribution in [3.05, 3.63) is 71.7 Å². The Labute approximate surface area is 166 Å². The highest BCUT2D eigenvalue weighted by molar-refractivity contribution is 5.92. The lowest BCUT2D eigenvalue weighted by atomic mass is 10.0. The van der Waals surface area contributed by atoms with Gasteiger partial charge in [0.15, 0.2) is 23.8 Å². The van der Waals surface area contributed by atoms with Crippen LogP contribution in [0.2, 0.25) is 0 Å². The van der Waals surface area contributed by atoms with E-state index < -0.39 is 0 Å². The van der Waals surface area contributed by atoms with Crippen molar-refractivity contribution in [1.29, 1.82) is 0 Å². The second kappa shape index (κ2) is 8.22. The van der Waals surface area contributed by atoms with Gasteiger partial charge in [0.05, 0.1) is 6.04 Å². The fourth-order valence-corrected chi connectivity index (χ4v) is 2.94. The zero-order valence-electron chi connectivity index (χ0n) is 15.7. The van der Waals surface area contributed by atoms with Crippen LogP contribution in [0.4, 0.5) is 4.39 Å². The fraction of sp³-hybridized carbons (Fsp3) is 0.238. The van der Waals surface area contributed by atoms with Gasteiger partial charge in [-0.3, -0.25) is 4.79 Å². The lowest BCUT2D eigenvalue weighted by molar-refractivity contribution is 0.0930. The quantitative estimate of drug-likeness (QED) is 0.648. The maximum atomic E-state index is 13.1. The standard InChI is InChI=1S/C21H19FN2O5/c1-2-16(13-3-5-14(22)6-4-13)24-21(25)17-10-27-20(23-17)11-26-15-7-8-18-19(9-15)29-12-28-18/h3-10,16H,2,11-12H2,1H3,(H,24,25). The Morgan fingerprint density at radius 2 is 2.00 bits per heavy atom. The molecule has 0 aliphatic carbocycles. The zero-order valence-corrected chi connectivity index (χ0v) is 15.7. The lowest BCUT2D eigenvalue weighted by Gasteiger charge is -2.16. The number of ether oxygens (including phenoxy) is 3. The van der Waals surface area contributed by atoms with E-state index >= 15 is 0 Å². The molecule has 0 saturated carbocycles. The molecule has 1 aliphatic rings. The SMILES string of the molecule is CCC(NC(=O)c1coc(COc2ccc3c(c2)OCO3)n1)c1ccc(F)cc1. The molecule has 1 aromatic heterocycles. The number of nitrogens with zero attached hydrogens (tertiary/aromatic N) is 1.